The maximum absolute atomic E-state index is 11.4. The highest BCUT2D eigenvalue weighted by molar-refractivity contribution is 5.78. The number of methoxy groups -OCH3 is 2. The molecule has 1 aliphatic rings. The molecule has 0 bridgehead atoms. The van der Waals surface area contributed by atoms with Crippen molar-refractivity contribution in [2.45, 2.75) is 19.4 Å². The van der Waals surface area contributed by atoms with E-state index in [1.54, 1.807) is 7.11 Å². The first kappa shape index (κ1) is 14.6. The Bertz CT molecular complexity index is 507. The Labute approximate surface area is 119 Å². The number of ether oxygens (including phenoxy) is 3. The highest BCUT2D eigenvalue weighted by Crippen LogP contribution is 2.36. The first-order valence-electron chi connectivity index (χ1n) is 6.69. The molecule has 0 fully saturated rings. The van der Waals surface area contributed by atoms with Crippen LogP contribution in [0.3, 0.4) is 0 Å². The van der Waals surface area contributed by atoms with Crippen LogP contribution in [0, 0.1) is 5.92 Å². The van der Waals surface area contributed by atoms with Crippen LogP contribution < -0.4 is 4.74 Å². The first-order valence-corrected chi connectivity index (χ1v) is 6.69. The minimum Gasteiger partial charge on any atom is -0.490 e. The molecule has 4 nitrogen and oxygen atoms in total. The van der Waals surface area contributed by atoms with Gasteiger partial charge >= 0.3 is 5.97 Å². The Morgan fingerprint density at radius 2 is 2.15 bits per heavy atom. The largest absolute Gasteiger partial charge is 0.490 e. The van der Waals surface area contributed by atoms with Gasteiger partial charge in [0.25, 0.3) is 0 Å². The van der Waals surface area contributed by atoms with Crippen molar-refractivity contribution in [3.63, 3.8) is 0 Å². The predicted molar refractivity (Wildman–Crippen MR) is 76.5 cm³/mol. The lowest BCUT2D eigenvalue weighted by atomic mass is 9.89. The molecule has 0 amide bonds. The average Bonchev–Trinajstić information content (AvgIpc) is 2.61. The van der Waals surface area contributed by atoms with Gasteiger partial charge in [-0.05, 0) is 11.6 Å². The fraction of sp³-hybridized carbons (Fsp3) is 0.438. The molecule has 2 rings (SSSR count). The maximum atomic E-state index is 11.4. The minimum absolute atomic E-state index is 0.0358. The van der Waals surface area contributed by atoms with Crippen molar-refractivity contribution in [3.05, 3.63) is 35.9 Å². The van der Waals surface area contributed by atoms with E-state index < -0.39 is 0 Å². The predicted octanol–water partition coefficient (Wildman–Crippen LogP) is 2.68. The van der Waals surface area contributed by atoms with Gasteiger partial charge in [-0.2, -0.15) is 0 Å². The molecule has 0 saturated heterocycles. The highest BCUT2D eigenvalue weighted by atomic mass is 16.5. The topological polar surface area (TPSA) is 44.8 Å². The third kappa shape index (κ3) is 3.02. The second-order valence-corrected chi connectivity index (χ2v) is 4.81. The standard InChI is InChI=1S/C16H20O4/c1-11-12(8-9-16(17)19-3)13-6-4-5-7-14(13)20-10-15(11)18-2/h4-8,11,15H,9-10H2,1-3H3. The third-order valence-electron chi connectivity index (χ3n) is 3.67. The van der Waals surface area contributed by atoms with Crippen LogP contribution in [0.2, 0.25) is 0 Å². The lowest BCUT2D eigenvalue weighted by molar-refractivity contribution is -0.139. The fourth-order valence-electron chi connectivity index (χ4n) is 2.44. The van der Waals surface area contributed by atoms with Gasteiger partial charge in [-0.25, -0.2) is 0 Å². The van der Waals surface area contributed by atoms with Gasteiger partial charge in [0, 0.05) is 18.6 Å². The molecule has 1 aromatic carbocycles. The normalized spacial score (nSPS) is 23.6. The van der Waals surface area contributed by atoms with Crippen molar-refractivity contribution < 1.29 is 19.0 Å². The van der Waals surface area contributed by atoms with Gasteiger partial charge in [-0.15, -0.1) is 0 Å². The van der Waals surface area contributed by atoms with E-state index in [0.717, 1.165) is 16.9 Å². The summed E-state index contributed by atoms with van der Waals surface area (Å²) in [5.74, 6) is 0.727. The Hall–Kier alpha value is -1.81. The van der Waals surface area contributed by atoms with Crippen LogP contribution in [0.15, 0.2) is 30.3 Å². The first-order chi connectivity index (χ1) is 9.67. The van der Waals surface area contributed by atoms with Crippen LogP contribution in [-0.4, -0.2) is 32.9 Å². The Balaban J connectivity index is 2.39. The summed E-state index contributed by atoms with van der Waals surface area (Å²) in [5, 5.41) is 0. The van der Waals surface area contributed by atoms with E-state index in [0.29, 0.717) is 6.61 Å². The summed E-state index contributed by atoms with van der Waals surface area (Å²) in [4.78, 5) is 11.4. The molecule has 2 unspecified atom stereocenters. The Kier molecular flexibility index (Phi) is 4.79. The van der Waals surface area contributed by atoms with Crippen molar-refractivity contribution >= 4 is 11.5 Å². The van der Waals surface area contributed by atoms with Gasteiger partial charge in [0.2, 0.25) is 0 Å². The quantitative estimate of drug-likeness (QED) is 0.796. The fourth-order valence-corrected chi connectivity index (χ4v) is 2.44. The SMILES string of the molecule is COC(=O)CC=C1c2ccccc2OCC(OC)C1C. The number of benzene rings is 1. The zero-order valence-corrected chi connectivity index (χ0v) is 12.1. The van der Waals surface area contributed by atoms with Crippen LogP contribution >= 0.6 is 0 Å². The monoisotopic (exact) mass is 276 g/mol. The molecular formula is C16H20O4. The number of rotatable bonds is 3. The van der Waals surface area contributed by atoms with Crippen molar-refractivity contribution in [3.8, 4) is 5.75 Å². The van der Waals surface area contributed by atoms with E-state index in [-0.39, 0.29) is 24.4 Å². The van der Waals surface area contributed by atoms with E-state index in [1.807, 2.05) is 30.3 Å². The number of carbonyl (C=O) groups is 1. The summed E-state index contributed by atoms with van der Waals surface area (Å²) in [6.45, 7) is 2.59. The van der Waals surface area contributed by atoms with Crippen molar-refractivity contribution in [2.75, 3.05) is 20.8 Å². The van der Waals surface area contributed by atoms with Crippen LogP contribution in [-0.2, 0) is 14.3 Å². The lowest BCUT2D eigenvalue weighted by Gasteiger charge is -2.21. The van der Waals surface area contributed by atoms with Crippen molar-refractivity contribution in [1.29, 1.82) is 0 Å². The van der Waals surface area contributed by atoms with Gasteiger partial charge in [-0.1, -0.05) is 31.2 Å². The van der Waals surface area contributed by atoms with E-state index in [1.165, 1.54) is 7.11 Å². The van der Waals surface area contributed by atoms with E-state index in [2.05, 4.69) is 6.92 Å². The Morgan fingerprint density at radius 1 is 1.40 bits per heavy atom. The maximum Gasteiger partial charge on any atom is 0.309 e. The van der Waals surface area contributed by atoms with Crippen LogP contribution in [0.1, 0.15) is 18.9 Å². The summed E-state index contributed by atoms with van der Waals surface area (Å²) >= 11 is 0. The van der Waals surface area contributed by atoms with Gasteiger partial charge in [0.15, 0.2) is 0 Å². The molecule has 1 heterocycles. The highest BCUT2D eigenvalue weighted by Gasteiger charge is 2.27. The molecule has 0 spiro atoms. The molecule has 0 aliphatic carbocycles. The number of fused-ring (bicyclic) bond motifs is 1. The smallest absolute Gasteiger partial charge is 0.309 e. The van der Waals surface area contributed by atoms with E-state index >= 15 is 0 Å². The molecule has 1 aliphatic heterocycles. The van der Waals surface area contributed by atoms with E-state index in [9.17, 15) is 4.79 Å². The third-order valence-corrected chi connectivity index (χ3v) is 3.67. The van der Waals surface area contributed by atoms with Crippen LogP contribution in [0.4, 0.5) is 0 Å². The van der Waals surface area contributed by atoms with Crippen molar-refractivity contribution in [2.24, 2.45) is 5.92 Å². The second kappa shape index (κ2) is 6.57. The summed E-state index contributed by atoms with van der Waals surface area (Å²) in [6.07, 6.45) is 2.13. The summed E-state index contributed by atoms with van der Waals surface area (Å²) < 4.78 is 16.0. The number of para-hydroxylation sites is 1. The van der Waals surface area contributed by atoms with Gasteiger partial charge in [-0.3, -0.25) is 4.79 Å². The average molecular weight is 276 g/mol. The number of hydrogen-bond acceptors (Lipinski definition) is 4. The van der Waals surface area contributed by atoms with Gasteiger partial charge in [0.05, 0.1) is 19.6 Å². The molecule has 1 aromatic rings. The zero-order valence-electron chi connectivity index (χ0n) is 12.1. The van der Waals surface area contributed by atoms with Crippen LogP contribution in [0.25, 0.3) is 5.57 Å². The molecular weight excluding hydrogens is 256 g/mol. The van der Waals surface area contributed by atoms with Crippen molar-refractivity contribution in [1.82, 2.24) is 0 Å². The van der Waals surface area contributed by atoms with Gasteiger partial charge in [0.1, 0.15) is 12.4 Å². The molecule has 108 valence electrons. The minimum atomic E-state index is -0.249. The molecule has 4 heteroatoms. The Morgan fingerprint density at radius 3 is 2.85 bits per heavy atom. The summed E-state index contributed by atoms with van der Waals surface area (Å²) in [5.41, 5.74) is 2.08. The molecule has 0 N–H and O–H groups in total. The number of esters is 1. The molecule has 0 aromatic heterocycles. The zero-order chi connectivity index (χ0) is 14.5. The number of carbonyl (C=O) groups excluding carboxylic acids is 1. The molecule has 0 saturated carbocycles. The lowest BCUT2D eigenvalue weighted by Crippen LogP contribution is -2.26. The van der Waals surface area contributed by atoms with Gasteiger partial charge < -0.3 is 14.2 Å². The van der Waals surface area contributed by atoms with E-state index in [4.69, 9.17) is 14.2 Å². The molecule has 2 atom stereocenters. The molecule has 0 radical (unpaired) electrons. The number of hydrogen-bond donors (Lipinski definition) is 0. The summed E-state index contributed by atoms with van der Waals surface area (Å²) in [7, 11) is 3.07. The summed E-state index contributed by atoms with van der Waals surface area (Å²) in [6, 6.07) is 7.85. The molecule has 20 heavy (non-hydrogen) atoms. The van der Waals surface area contributed by atoms with Crippen LogP contribution in [0.5, 0.6) is 5.75 Å². The second-order valence-electron chi connectivity index (χ2n) is 4.81.